The van der Waals surface area contributed by atoms with Gasteiger partial charge in [0.1, 0.15) is 5.41 Å². The van der Waals surface area contributed by atoms with Gasteiger partial charge in [-0.25, -0.2) is 0 Å². The second kappa shape index (κ2) is 6.71. The molecule has 0 bridgehead atoms. The quantitative estimate of drug-likeness (QED) is 0.749. The van der Waals surface area contributed by atoms with Gasteiger partial charge in [0.05, 0.1) is 0 Å². The standard InChI is InChI=1S/C18H24N2O4/c1-12(2)5-8-19-16(21)18(6-7-18)17(22)20-10-13-3-4-14-15(9-13)24-11-23-14/h3-4,9,12H,5-8,10-11H2,1-2H3,(H,19,21)(H,20,22). The molecule has 0 radical (unpaired) electrons. The molecular weight excluding hydrogens is 308 g/mol. The second-order valence-corrected chi connectivity index (χ2v) is 6.89. The number of carbonyl (C=O) groups is 2. The summed E-state index contributed by atoms with van der Waals surface area (Å²) in [6.07, 6.45) is 2.15. The summed E-state index contributed by atoms with van der Waals surface area (Å²) in [6, 6.07) is 5.57. The minimum atomic E-state index is -0.868. The molecule has 1 heterocycles. The highest BCUT2D eigenvalue weighted by molar-refractivity contribution is 6.07. The van der Waals surface area contributed by atoms with Crippen LogP contribution in [0.25, 0.3) is 0 Å². The molecule has 2 amide bonds. The van der Waals surface area contributed by atoms with Crippen molar-refractivity contribution in [2.75, 3.05) is 13.3 Å². The molecule has 2 N–H and O–H groups in total. The Balaban J connectivity index is 1.52. The number of amides is 2. The van der Waals surface area contributed by atoms with Crippen LogP contribution in [0.3, 0.4) is 0 Å². The molecule has 1 aliphatic carbocycles. The van der Waals surface area contributed by atoms with E-state index in [1.54, 1.807) is 0 Å². The molecule has 0 spiro atoms. The maximum absolute atomic E-state index is 12.4. The van der Waals surface area contributed by atoms with E-state index < -0.39 is 5.41 Å². The van der Waals surface area contributed by atoms with E-state index in [0.29, 0.717) is 43.3 Å². The van der Waals surface area contributed by atoms with Gasteiger partial charge in [0, 0.05) is 13.1 Å². The van der Waals surface area contributed by atoms with Crippen LogP contribution in [-0.2, 0) is 16.1 Å². The first-order valence-corrected chi connectivity index (χ1v) is 8.46. The number of hydrogen-bond acceptors (Lipinski definition) is 4. The lowest BCUT2D eigenvalue weighted by Gasteiger charge is -2.16. The van der Waals surface area contributed by atoms with E-state index in [4.69, 9.17) is 9.47 Å². The van der Waals surface area contributed by atoms with Crippen LogP contribution in [0.2, 0.25) is 0 Å². The Bertz CT molecular complexity index is 638. The van der Waals surface area contributed by atoms with Crippen molar-refractivity contribution < 1.29 is 19.1 Å². The van der Waals surface area contributed by atoms with Gasteiger partial charge in [0.2, 0.25) is 18.6 Å². The Morgan fingerprint density at radius 2 is 1.83 bits per heavy atom. The molecule has 0 aromatic heterocycles. The van der Waals surface area contributed by atoms with Crippen molar-refractivity contribution in [2.24, 2.45) is 11.3 Å². The van der Waals surface area contributed by atoms with Crippen molar-refractivity contribution in [1.29, 1.82) is 0 Å². The molecule has 1 saturated carbocycles. The van der Waals surface area contributed by atoms with Crippen molar-refractivity contribution in [1.82, 2.24) is 10.6 Å². The van der Waals surface area contributed by atoms with Gasteiger partial charge in [-0.05, 0) is 42.9 Å². The van der Waals surface area contributed by atoms with Crippen LogP contribution in [0.4, 0.5) is 0 Å². The number of ether oxygens (including phenoxy) is 2. The minimum absolute atomic E-state index is 0.147. The van der Waals surface area contributed by atoms with Crippen LogP contribution in [0.1, 0.15) is 38.7 Å². The Morgan fingerprint density at radius 3 is 2.54 bits per heavy atom. The van der Waals surface area contributed by atoms with Crippen molar-refractivity contribution >= 4 is 11.8 Å². The summed E-state index contributed by atoms with van der Waals surface area (Å²) in [6.45, 7) is 5.43. The Labute approximate surface area is 141 Å². The third-order valence-corrected chi connectivity index (χ3v) is 4.52. The molecule has 0 unspecified atom stereocenters. The normalized spacial score (nSPS) is 16.8. The van der Waals surface area contributed by atoms with Crippen LogP contribution in [0.5, 0.6) is 11.5 Å². The van der Waals surface area contributed by atoms with Gasteiger partial charge >= 0.3 is 0 Å². The van der Waals surface area contributed by atoms with E-state index in [-0.39, 0.29) is 18.6 Å². The number of hydrogen-bond donors (Lipinski definition) is 2. The highest BCUT2D eigenvalue weighted by atomic mass is 16.7. The maximum Gasteiger partial charge on any atom is 0.235 e. The molecule has 6 nitrogen and oxygen atoms in total. The van der Waals surface area contributed by atoms with Gasteiger partial charge < -0.3 is 20.1 Å². The summed E-state index contributed by atoms with van der Waals surface area (Å²) in [7, 11) is 0. The van der Waals surface area contributed by atoms with Gasteiger partial charge in [-0.15, -0.1) is 0 Å². The average molecular weight is 332 g/mol. The van der Waals surface area contributed by atoms with Crippen LogP contribution < -0.4 is 20.1 Å². The average Bonchev–Trinajstić information content (AvgIpc) is 3.24. The van der Waals surface area contributed by atoms with Gasteiger partial charge in [-0.3, -0.25) is 9.59 Å². The minimum Gasteiger partial charge on any atom is -0.454 e. The predicted octanol–water partition coefficient (Wildman–Crippen LogP) is 1.97. The van der Waals surface area contributed by atoms with Crippen molar-refractivity contribution in [3.8, 4) is 11.5 Å². The Kier molecular flexibility index (Phi) is 4.64. The van der Waals surface area contributed by atoms with E-state index in [0.717, 1.165) is 12.0 Å². The van der Waals surface area contributed by atoms with E-state index in [9.17, 15) is 9.59 Å². The SMILES string of the molecule is CC(C)CCNC(=O)C1(C(=O)NCc2ccc3c(c2)OCO3)CC1. The van der Waals surface area contributed by atoms with Gasteiger partial charge in [-0.2, -0.15) is 0 Å². The number of nitrogens with one attached hydrogen (secondary N) is 2. The first kappa shape index (κ1) is 16.6. The van der Waals surface area contributed by atoms with Crippen molar-refractivity contribution in [3.05, 3.63) is 23.8 Å². The second-order valence-electron chi connectivity index (χ2n) is 6.89. The first-order chi connectivity index (χ1) is 11.5. The summed E-state index contributed by atoms with van der Waals surface area (Å²) in [5.74, 6) is 1.59. The molecule has 2 aliphatic rings. The fourth-order valence-corrected chi connectivity index (χ4v) is 2.73. The molecule has 0 atom stereocenters. The van der Waals surface area contributed by atoms with Crippen molar-refractivity contribution in [2.45, 2.75) is 39.7 Å². The lowest BCUT2D eigenvalue weighted by molar-refractivity contribution is -0.137. The molecule has 24 heavy (non-hydrogen) atoms. The van der Waals surface area contributed by atoms with E-state index in [1.807, 2.05) is 18.2 Å². The van der Waals surface area contributed by atoms with Crippen LogP contribution in [0, 0.1) is 11.3 Å². The number of benzene rings is 1. The molecule has 1 aromatic rings. The largest absolute Gasteiger partial charge is 0.454 e. The first-order valence-electron chi connectivity index (χ1n) is 8.46. The third-order valence-electron chi connectivity index (χ3n) is 4.52. The molecule has 6 heteroatoms. The van der Waals surface area contributed by atoms with Gasteiger partial charge in [-0.1, -0.05) is 19.9 Å². The smallest absolute Gasteiger partial charge is 0.235 e. The predicted molar refractivity (Wildman–Crippen MR) is 88.5 cm³/mol. The van der Waals surface area contributed by atoms with Gasteiger partial charge in [0.25, 0.3) is 0 Å². The molecule has 1 aliphatic heterocycles. The summed E-state index contributed by atoms with van der Waals surface area (Å²) in [5, 5.41) is 5.77. The molecular formula is C18H24N2O4. The fourth-order valence-electron chi connectivity index (χ4n) is 2.73. The van der Waals surface area contributed by atoms with Crippen LogP contribution >= 0.6 is 0 Å². The van der Waals surface area contributed by atoms with E-state index in [2.05, 4.69) is 24.5 Å². The highest BCUT2D eigenvalue weighted by Crippen LogP contribution is 2.46. The monoisotopic (exact) mass is 332 g/mol. The highest BCUT2D eigenvalue weighted by Gasteiger charge is 2.56. The fraction of sp³-hybridized carbons (Fsp3) is 0.556. The zero-order chi connectivity index (χ0) is 17.2. The molecule has 1 aromatic carbocycles. The van der Waals surface area contributed by atoms with Crippen molar-refractivity contribution in [3.63, 3.8) is 0 Å². The Morgan fingerprint density at radius 1 is 1.12 bits per heavy atom. The topological polar surface area (TPSA) is 76.7 Å². The summed E-state index contributed by atoms with van der Waals surface area (Å²) in [5.41, 5.74) is 0.0523. The summed E-state index contributed by atoms with van der Waals surface area (Å²) in [4.78, 5) is 24.8. The number of rotatable bonds is 7. The molecule has 1 fully saturated rings. The summed E-state index contributed by atoms with van der Waals surface area (Å²) >= 11 is 0. The maximum atomic E-state index is 12.4. The zero-order valence-electron chi connectivity index (χ0n) is 14.2. The zero-order valence-corrected chi connectivity index (χ0v) is 14.2. The van der Waals surface area contributed by atoms with Crippen LogP contribution in [-0.4, -0.2) is 25.2 Å². The van der Waals surface area contributed by atoms with E-state index in [1.165, 1.54) is 0 Å². The van der Waals surface area contributed by atoms with Gasteiger partial charge in [0.15, 0.2) is 11.5 Å². The van der Waals surface area contributed by atoms with Crippen LogP contribution in [0.15, 0.2) is 18.2 Å². The lowest BCUT2D eigenvalue weighted by atomic mass is 10.0. The molecule has 3 rings (SSSR count). The number of fused-ring (bicyclic) bond motifs is 1. The molecule has 130 valence electrons. The summed E-state index contributed by atoms with van der Waals surface area (Å²) < 4.78 is 10.6. The Hall–Kier alpha value is -2.24. The lowest BCUT2D eigenvalue weighted by Crippen LogP contribution is -2.43. The third kappa shape index (κ3) is 3.47. The molecule has 0 saturated heterocycles. The van der Waals surface area contributed by atoms with E-state index >= 15 is 0 Å². The number of carbonyl (C=O) groups excluding carboxylic acids is 2.